The van der Waals surface area contributed by atoms with E-state index in [1.54, 1.807) is 19.1 Å². The van der Waals surface area contributed by atoms with Crippen LogP contribution in [0.2, 0.25) is 15.1 Å². The van der Waals surface area contributed by atoms with Crippen molar-refractivity contribution in [2.45, 2.75) is 24.4 Å². The Morgan fingerprint density at radius 2 is 1.55 bits per heavy atom. The lowest BCUT2D eigenvalue weighted by molar-refractivity contribution is -0.139. The Bertz CT molecular complexity index is 1400. The average molecular weight is 599 g/mol. The number of nitrogens with one attached hydrogen (secondary N) is 1. The molecule has 38 heavy (non-hydrogen) atoms. The summed E-state index contributed by atoms with van der Waals surface area (Å²) in [6, 6.07) is 15.7. The first-order chi connectivity index (χ1) is 18.0. The summed E-state index contributed by atoms with van der Waals surface area (Å²) in [5, 5.41) is 3.64. The van der Waals surface area contributed by atoms with Crippen LogP contribution in [0.1, 0.15) is 12.5 Å². The normalized spacial score (nSPS) is 11.9. The molecule has 8 nitrogen and oxygen atoms in total. The zero-order valence-electron chi connectivity index (χ0n) is 20.8. The number of hydrogen-bond acceptors (Lipinski definition) is 5. The smallest absolute Gasteiger partial charge is 0.264 e. The number of benzene rings is 3. The fraction of sp³-hybridized carbons (Fsp3) is 0.231. The molecule has 3 aromatic rings. The fourth-order valence-corrected chi connectivity index (χ4v) is 5.64. The Morgan fingerprint density at radius 3 is 2.11 bits per heavy atom. The number of likely N-dealkylation sites (N-methyl/N-ethyl adjacent to an activating group) is 1. The molecular formula is C26H26Cl3N3O5S. The Labute approximate surface area is 237 Å². The number of hydrogen-bond donors (Lipinski definition) is 1. The molecule has 0 aliphatic carbocycles. The van der Waals surface area contributed by atoms with E-state index >= 15 is 0 Å². The van der Waals surface area contributed by atoms with Crippen LogP contribution in [-0.2, 0) is 26.2 Å². The van der Waals surface area contributed by atoms with E-state index in [1.807, 2.05) is 0 Å². The van der Waals surface area contributed by atoms with E-state index in [4.69, 9.17) is 39.5 Å². The standard InChI is InChI=1S/C26H26Cl3N3O5S/c1-17(26(34)30-2)31(15-18-4-5-20(28)14-24(18)29)25(33)16-32(21-8-6-19(27)7-9-21)38(35,36)23-12-10-22(37-3)11-13-23/h4-14,17H,15-16H2,1-3H3,(H,30,34). The first-order valence-corrected chi connectivity index (χ1v) is 13.9. The average Bonchev–Trinajstić information content (AvgIpc) is 2.90. The number of ether oxygens (including phenoxy) is 1. The monoisotopic (exact) mass is 597 g/mol. The van der Waals surface area contributed by atoms with Gasteiger partial charge in [0.05, 0.1) is 17.7 Å². The van der Waals surface area contributed by atoms with Gasteiger partial charge in [-0.3, -0.25) is 13.9 Å². The molecule has 1 unspecified atom stereocenters. The molecule has 0 fully saturated rings. The van der Waals surface area contributed by atoms with Gasteiger partial charge in [-0.05, 0) is 73.2 Å². The molecule has 0 heterocycles. The Hall–Kier alpha value is -2.98. The summed E-state index contributed by atoms with van der Waals surface area (Å²) < 4.78 is 33.6. The number of amides is 2. The number of anilines is 1. The van der Waals surface area contributed by atoms with Crippen molar-refractivity contribution in [2.24, 2.45) is 0 Å². The van der Waals surface area contributed by atoms with Gasteiger partial charge in [0.25, 0.3) is 10.0 Å². The fourth-order valence-electron chi connectivity index (χ4n) is 3.64. The van der Waals surface area contributed by atoms with Crippen molar-refractivity contribution in [2.75, 3.05) is 25.0 Å². The van der Waals surface area contributed by atoms with Crippen LogP contribution in [0.3, 0.4) is 0 Å². The molecule has 0 radical (unpaired) electrons. The molecule has 0 spiro atoms. The topological polar surface area (TPSA) is 96.0 Å². The molecule has 0 saturated carbocycles. The number of carbonyl (C=O) groups is 2. The van der Waals surface area contributed by atoms with Crippen LogP contribution in [0.4, 0.5) is 5.69 Å². The van der Waals surface area contributed by atoms with Gasteiger partial charge in [-0.25, -0.2) is 8.42 Å². The van der Waals surface area contributed by atoms with Crippen molar-refractivity contribution in [3.05, 3.63) is 87.4 Å². The lowest BCUT2D eigenvalue weighted by Gasteiger charge is -2.32. The number of sulfonamides is 1. The molecule has 1 atom stereocenters. The molecule has 0 bridgehead atoms. The second kappa shape index (κ2) is 12.7. The molecule has 3 aromatic carbocycles. The summed E-state index contributed by atoms with van der Waals surface area (Å²) in [6.45, 7) is 0.897. The number of halogens is 3. The van der Waals surface area contributed by atoms with Gasteiger partial charge in [-0.2, -0.15) is 0 Å². The molecule has 3 rings (SSSR count). The Balaban J connectivity index is 2.04. The summed E-state index contributed by atoms with van der Waals surface area (Å²) in [4.78, 5) is 27.5. The molecule has 0 saturated heterocycles. The van der Waals surface area contributed by atoms with E-state index in [0.29, 0.717) is 26.4 Å². The third-order valence-corrected chi connectivity index (χ3v) is 8.44. The summed E-state index contributed by atoms with van der Waals surface area (Å²) in [6.07, 6.45) is 0. The van der Waals surface area contributed by atoms with Crippen LogP contribution in [-0.4, -0.2) is 51.9 Å². The highest BCUT2D eigenvalue weighted by atomic mass is 35.5. The second-order valence-electron chi connectivity index (χ2n) is 8.21. The van der Waals surface area contributed by atoms with Crippen LogP contribution < -0.4 is 14.4 Å². The lowest BCUT2D eigenvalue weighted by Crippen LogP contribution is -2.50. The van der Waals surface area contributed by atoms with Gasteiger partial charge in [-0.15, -0.1) is 0 Å². The molecule has 2 amide bonds. The van der Waals surface area contributed by atoms with Crippen molar-refractivity contribution in [1.29, 1.82) is 0 Å². The van der Waals surface area contributed by atoms with Crippen LogP contribution in [0.5, 0.6) is 5.75 Å². The van der Waals surface area contributed by atoms with E-state index in [2.05, 4.69) is 5.32 Å². The van der Waals surface area contributed by atoms with Crippen LogP contribution in [0.25, 0.3) is 0 Å². The molecule has 0 aliphatic rings. The first kappa shape index (κ1) is 29.6. The van der Waals surface area contributed by atoms with Gasteiger partial charge in [0.15, 0.2) is 0 Å². The van der Waals surface area contributed by atoms with Gasteiger partial charge in [0.1, 0.15) is 18.3 Å². The number of carbonyl (C=O) groups excluding carboxylic acids is 2. The maximum absolute atomic E-state index is 13.8. The Morgan fingerprint density at radius 1 is 0.947 bits per heavy atom. The van der Waals surface area contributed by atoms with Gasteiger partial charge in [-0.1, -0.05) is 40.9 Å². The lowest BCUT2D eigenvalue weighted by atomic mass is 10.1. The van der Waals surface area contributed by atoms with Crippen LogP contribution >= 0.6 is 34.8 Å². The quantitative estimate of drug-likeness (QED) is 0.354. The van der Waals surface area contributed by atoms with E-state index in [0.717, 1.165) is 4.31 Å². The molecular weight excluding hydrogens is 573 g/mol. The SMILES string of the molecule is CNC(=O)C(C)N(Cc1ccc(Cl)cc1Cl)C(=O)CN(c1ccc(Cl)cc1)S(=O)(=O)c1ccc(OC)cc1. The predicted octanol–water partition coefficient (Wildman–Crippen LogP) is 5.01. The zero-order valence-corrected chi connectivity index (χ0v) is 23.9. The Kier molecular flexibility index (Phi) is 9.89. The van der Waals surface area contributed by atoms with Crippen LogP contribution in [0.15, 0.2) is 71.6 Å². The van der Waals surface area contributed by atoms with E-state index in [9.17, 15) is 18.0 Å². The van der Waals surface area contributed by atoms with Gasteiger partial charge in [0, 0.05) is 28.7 Å². The predicted molar refractivity (Wildman–Crippen MR) is 150 cm³/mol. The van der Waals surface area contributed by atoms with Crippen molar-refractivity contribution >= 4 is 62.3 Å². The number of methoxy groups -OCH3 is 1. The van der Waals surface area contributed by atoms with Gasteiger partial charge >= 0.3 is 0 Å². The molecule has 1 N–H and O–H groups in total. The highest BCUT2D eigenvalue weighted by Gasteiger charge is 2.32. The molecule has 12 heteroatoms. The van der Waals surface area contributed by atoms with E-state index < -0.39 is 34.4 Å². The third-order valence-electron chi connectivity index (χ3n) is 5.81. The summed E-state index contributed by atoms with van der Waals surface area (Å²) in [5.41, 5.74) is 0.756. The number of rotatable bonds is 10. The maximum Gasteiger partial charge on any atom is 0.264 e. The minimum atomic E-state index is -4.22. The summed E-state index contributed by atoms with van der Waals surface area (Å²) in [5.74, 6) is -0.581. The third kappa shape index (κ3) is 6.91. The van der Waals surface area contributed by atoms with Gasteiger partial charge in [0.2, 0.25) is 11.8 Å². The van der Waals surface area contributed by atoms with E-state index in [1.165, 1.54) is 73.7 Å². The highest BCUT2D eigenvalue weighted by molar-refractivity contribution is 7.92. The van der Waals surface area contributed by atoms with Crippen LogP contribution in [0, 0.1) is 0 Å². The van der Waals surface area contributed by atoms with E-state index in [-0.39, 0.29) is 17.1 Å². The molecule has 0 aromatic heterocycles. The summed E-state index contributed by atoms with van der Waals surface area (Å²) in [7, 11) is -1.30. The van der Waals surface area contributed by atoms with Crippen molar-refractivity contribution < 1.29 is 22.7 Å². The minimum absolute atomic E-state index is 0.0484. The highest BCUT2D eigenvalue weighted by Crippen LogP contribution is 2.28. The van der Waals surface area contributed by atoms with Crippen molar-refractivity contribution in [3.8, 4) is 5.75 Å². The van der Waals surface area contributed by atoms with Crippen molar-refractivity contribution in [3.63, 3.8) is 0 Å². The van der Waals surface area contributed by atoms with Gasteiger partial charge < -0.3 is 15.0 Å². The van der Waals surface area contributed by atoms with Crippen molar-refractivity contribution in [1.82, 2.24) is 10.2 Å². The largest absolute Gasteiger partial charge is 0.497 e. The molecule has 0 aliphatic heterocycles. The molecule has 202 valence electrons. The zero-order chi connectivity index (χ0) is 28.0. The minimum Gasteiger partial charge on any atom is -0.497 e. The maximum atomic E-state index is 13.8. The number of nitrogens with zero attached hydrogens (tertiary/aromatic N) is 2. The summed E-state index contributed by atoms with van der Waals surface area (Å²) >= 11 is 18.4. The second-order valence-corrected chi connectivity index (χ2v) is 11.4. The first-order valence-electron chi connectivity index (χ1n) is 11.3.